The van der Waals surface area contributed by atoms with Gasteiger partial charge in [0.05, 0.1) is 17.8 Å². The summed E-state index contributed by atoms with van der Waals surface area (Å²) in [7, 11) is 0. The molecule has 5 heteroatoms. The van der Waals surface area contributed by atoms with Crippen LogP contribution in [0.4, 0.5) is 5.82 Å². The third-order valence-corrected chi connectivity index (χ3v) is 3.21. The van der Waals surface area contributed by atoms with Crippen molar-refractivity contribution in [2.24, 2.45) is 5.92 Å². The summed E-state index contributed by atoms with van der Waals surface area (Å²) >= 11 is 0. The zero-order valence-electron chi connectivity index (χ0n) is 13.0. The molecule has 0 atom stereocenters. The van der Waals surface area contributed by atoms with Crippen molar-refractivity contribution >= 4 is 11.7 Å². The third-order valence-electron chi connectivity index (χ3n) is 3.21. The van der Waals surface area contributed by atoms with E-state index >= 15 is 0 Å². The first-order valence-corrected chi connectivity index (χ1v) is 7.53. The molecule has 2 N–H and O–H groups in total. The van der Waals surface area contributed by atoms with E-state index in [0.717, 1.165) is 24.5 Å². The van der Waals surface area contributed by atoms with Crippen LogP contribution in [-0.4, -0.2) is 22.4 Å². The van der Waals surface area contributed by atoms with Gasteiger partial charge in [0.2, 0.25) is 0 Å². The number of aromatic nitrogens is 2. The van der Waals surface area contributed by atoms with Gasteiger partial charge in [0.25, 0.3) is 5.91 Å². The number of carbonyl (C=O) groups excluding carboxylic acids is 1. The molecule has 0 bridgehead atoms. The summed E-state index contributed by atoms with van der Waals surface area (Å²) in [6.45, 7) is 5.66. The van der Waals surface area contributed by atoms with E-state index < -0.39 is 0 Å². The molecule has 22 heavy (non-hydrogen) atoms. The van der Waals surface area contributed by atoms with E-state index in [2.05, 4.69) is 34.4 Å². The van der Waals surface area contributed by atoms with Gasteiger partial charge in [-0.1, -0.05) is 19.9 Å². The number of rotatable bonds is 7. The van der Waals surface area contributed by atoms with E-state index in [0.29, 0.717) is 18.0 Å². The molecule has 2 rings (SSSR count). The van der Waals surface area contributed by atoms with E-state index in [1.807, 2.05) is 24.3 Å². The quantitative estimate of drug-likeness (QED) is 0.825. The summed E-state index contributed by atoms with van der Waals surface area (Å²) in [4.78, 5) is 20.5. The lowest BCUT2D eigenvalue weighted by atomic mass is 10.1. The monoisotopic (exact) mass is 298 g/mol. The number of nitrogens with zero attached hydrogens (tertiary/aromatic N) is 2. The van der Waals surface area contributed by atoms with Crippen molar-refractivity contribution in [3.63, 3.8) is 0 Å². The Morgan fingerprint density at radius 1 is 1.18 bits per heavy atom. The molecule has 116 valence electrons. The minimum absolute atomic E-state index is 0.146. The first-order chi connectivity index (χ1) is 10.6. The van der Waals surface area contributed by atoms with Gasteiger partial charge >= 0.3 is 0 Å². The van der Waals surface area contributed by atoms with Crippen LogP contribution in [0.3, 0.4) is 0 Å². The molecule has 5 nitrogen and oxygen atoms in total. The predicted octanol–water partition coefficient (Wildman–Crippen LogP) is 2.86. The molecule has 1 amide bonds. The van der Waals surface area contributed by atoms with Crippen molar-refractivity contribution in [1.29, 1.82) is 0 Å². The summed E-state index contributed by atoms with van der Waals surface area (Å²) in [5, 5.41) is 6.08. The van der Waals surface area contributed by atoms with Crippen LogP contribution < -0.4 is 10.6 Å². The van der Waals surface area contributed by atoms with Gasteiger partial charge in [-0.05, 0) is 36.6 Å². The first kappa shape index (κ1) is 15.9. The molecule has 0 radical (unpaired) electrons. The van der Waals surface area contributed by atoms with Crippen molar-refractivity contribution in [3.8, 4) is 0 Å². The number of anilines is 1. The molecule has 0 spiro atoms. The van der Waals surface area contributed by atoms with Crippen LogP contribution in [-0.2, 0) is 6.54 Å². The second kappa shape index (κ2) is 8.12. The molecule has 0 aliphatic carbocycles. The maximum absolute atomic E-state index is 12.0. The van der Waals surface area contributed by atoms with Crippen molar-refractivity contribution in [1.82, 2.24) is 15.3 Å². The zero-order chi connectivity index (χ0) is 15.8. The Morgan fingerprint density at radius 2 is 2.05 bits per heavy atom. The normalized spacial score (nSPS) is 10.5. The average Bonchev–Trinajstić information content (AvgIpc) is 2.54. The fourth-order valence-corrected chi connectivity index (χ4v) is 1.90. The van der Waals surface area contributed by atoms with Crippen molar-refractivity contribution in [3.05, 3.63) is 54.0 Å². The molecule has 0 aliphatic heterocycles. The maximum atomic E-state index is 12.0. The zero-order valence-corrected chi connectivity index (χ0v) is 13.0. The molecule has 0 unspecified atom stereocenters. The summed E-state index contributed by atoms with van der Waals surface area (Å²) in [6, 6.07) is 9.22. The fraction of sp³-hybridized carbons (Fsp3) is 0.353. The van der Waals surface area contributed by atoms with Gasteiger partial charge in [0.1, 0.15) is 5.82 Å². The van der Waals surface area contributed by atoms with Crippen LogP contribution in [0.1, 0.15) is 36.3 Å². The Kier molecular flexibility index (Phi) is 5.89. The molecule has 2 aromatic heterocycles. The lowest BCUT2D eigenvalue weighted by molar-refractivity contribution is 0.0950. The Labute approximate surface area is 131 Å². The van der Waals surface area contributed by atoms with Crippen molar-refractivity contribution in [2.75, 3.05) is 11.9 Å². The van der Waals surface area contributed by atoms with Gasteiger partial charge < -0.3 is 10.6 Å². The number of amides is 1. The van der Waals surface area contributed by atoms with Crippen molar-refractivity contribution in [2.45, 2.75) is 26.8 Å². The van der Waals surface area contributed by atoms with Gasteiger partial charge in [0, 0.05) is 18.9 Å². The molecule has 2 heterocycles. The number of carbonyl (C=O) groups is 1. The number of nitrogens with one attached hydrogen (secondary N) is 2. The topological polar surface area (TPSA) is 66.9 Å². The second-order valence-electron chi connectivity index (χ2n) is 5.55. The van der Waals surface area contributed by atoms with E-state index in [4.69, 9.17) is 0 Å². The lowest BCUT2D eigenvalue weighted by Gasteiger charge is -2.08. The standard InChI is InChI=1S/C17H22N4O/c1-13(2)8-10-19-16-7-6-14(11-20-16)17(22)21-12-15-5-3-4-9-18-15/h3-7,9,11,13H,8,10,12H2,1-2H3,(H,19,20)(H,21,22). The van der Waals surface area contributed by atoms with Crippen LogP contribution in [0.25, 0.3) is 0 Å². The van der Waals surface area contributed by atoms with E-state index in [1.165, 1.54) is 0 Å². The van der Waals surface area contributed by atoms with Gasteiger partial charge in [-0.25, -0.2) is 4.98 Å². The molecular formula is C17H22N4O. The minimum atomic E-state index is -0.146. The second-order valence-corrected chi connectivity index (χ2v) is 5.55. The van der Waals surface area contributed by atoms with Crippen LogP contribution in [0.2, 0.25) is 0 Å². The smallest absolute Gasteiger partial charge is 0.253 e. The number of hydrogen-bond donors (Lipinski definition) is 2. The highest BCUT2D eigenvalue weighted by molar-refractivity contribution is 5.93. The Balaban J connectivity index is 1.83. The van der Waals surface area contributed by atoms with Crippen LogP contribution in [0.15, 0.2) is 42.7 Å². The summed E-state index contributed by atoms with van der Waals surface area (Å²) in [6.07, 6.45) is 4.39. The van der Waals surface area contributed by atoms with Crippen LogP contribution >= 0.6 is 0 Å². The van der Waals surface area contributed by atoms with E-state index in [9.17, 15) is 4.79 Å². The number of hydrogen-bond acceptors (Lipinski definition) is 4. The summed E-state index contributed by atoms with van der Waals surface area (Å²) < 4.78 is 0. The number of pyridine rings is 2. The third kappa shape index (κ3) is 5.16. The molecule has 0 saturated heterocycles. The Bertz CT molecular complexity index is 581. The summed E-state index contributed by atoms with van der Waals surface area (Å²) in [5.74, 6) is 1.30. The molecule has 0 aliphatic rings. The summed E-state index contributed by atoms with van der Waals surface area (Å²) in [5.41, 5.74) is 1.38. The SMILES string of the molecule is CC(C)CCNc1ccc(C(=O)NCc2ccccn2)cn1. The van der Waals surface area contributed by atoms with Gasteiger partial charge in [0.15, 0.2) is 0 Å². The largest absolute Gasteiger partial charge is 0.370 e. The molecule has 2 aromatic rings. The van der Waals surface area contributed by atoms with Crippen LogP contribution in [0.5, 0.6) is 0 Å². The van der Waals surface area contributed by atoms with E-state index in [-0.39, 0.29) is 5.91 Å². The highest BCUT2D eigenvalue weighted by Crippen LogP contribution is 2.07. The van der Waals surface area contributed by atoms with E-state index in [1.54, 1.807) is 18.5 Å². The minimum Gasteiger partial charge on any atom is -0.370 e. The van der Waals surface area contributed by atoms with Gasteiger partial charge in [-0.2, -0.15) is 0 Å². The fourth-order valence-electron chi connectivity index (χ4n) is 1.90. The lowest BCUT2D eigenvalue weighted by Crippen LogP contribution is -2.23. The van der Waals surface area contributed by atoms with Crippen LogP contribution in [0, 0.1) is 5.92 Å². The van der Waals surface area contributed by atoms with Crippen molar-refractivity contribution < 1.29 is 4.79 Å². The molecular weight excluding hydrogens is 276 g/mol. The Morgan fingerprint density at radius 3 is 2.68 bits per heavy atom. The van der Waals surface area contributed by atoms with Gasteiger partial charge in [-0.15, -0.1) is 0 Å². The van der Waals surface area contributed by atoms with Gasteiger partial charge in [-0.3, -0.25) is 9.78 Å². The average molecular weight is 298 g/mol. The highest BCUT2D eigenvalue weighted by Gasteiger charge is 2.06. The highest BCUT2D eigenvalue weighted by atomic mass is 16.1. The predicted molar refractivity (Wildman–Crippen MR) is 87.6 cm³/mol. The molecule has 0 fully saturated rings. The molecule has 0 saturated carbocycles. The first-order valence-electron chi connectivity index (χ1n) is 7.53. The Hall–Kier alpha value is -2.43. The maximum Gasteiger partial charge on any atom is 0.253 e. The molecule has 0 aromatic carbocycles.